The molecule has 4 aromatic rings. The van der Waals surface area contributed by atoms with Crippen LogP contribution < -0.4 is 10.1 Å². The molecule has 0 saturated carbocycles. The highest BCUT2D eigenvalue weighted by Gasteiger charge is 2.20. The van der Waals surface area contributed by atoms with E-state index < -0.39 is 0 Å². The Kier molecular flexibility index (Phi) is 3.90. The van der Waals surface area contributed by atoms with Crippen LogP contribution in [0.5, 0.6) is 5.75 Å². The monoisotopic (exact) mass is 373 g/mol. The first-order valence-electron chi connectivity index (χ1n) is 9.27. The number of fused-ring (bicyclic) bond motifs is 2. The normalized spacial score (nSPS) is 15.4. The number of nitrogens with zero attached hydrogens (tertiary/aromatic N) is 1. The lowest BCUT2D eigenvalue weighted by molar-refractivity contribution is 0.0952. The highest BCUT2D eigenvalue weighted by Crippen LogP contribution is 2.33. The zero-order valence-electron chi connectivity index (χ0n) is 15.4. The van der Waals surface area contributed by atoms with E-state index in [1.807, 2.05) is 42.5 Å². The van der Waals surface area contributed by atoms with Crippen molar-refractivity contribution in [3.63, 3.8) is 0 Å². The molecule has 1 atom stereocenters. The van der Waals surface area contributed by atoms with Crippen LogP contribution in [-0.4, -0.2) is 22.2 Å². The standard InChI is InChI=1S/C22H19N3O3/c1-13-8-15-9-14(6-7-20(15)27-13)21-10-16(25-28-21)11-24-22(26)18-12-23-19-5-3-2-4-17(18)19/h2-7,9-10,12-13,23H,8,11H2,1H3,(H,24,26)/t13-/m0/s1. The van der Waals surface area contributed by atoms with Gasteiger partial charge in [0.05, 0.1) is 12.1 Å². The Morgan fingerprint density at radius 3 is 3.07 bits per heavy atom. The number of aromatic amines is 1. The zero-order chi connectivity index (χ0) is 19.1. The Hall–Kier alpha value is -3.54. The lowest BCUT2D eigenvalue weighted by atomic mass is 10.1. The van der Waals surface area contributed by atoms with Crippen LogP contribution in [0.25, 0.3) is 22.2 Å². The van der Waals surface area contributed by atoms with Crippen LogP contribution in [0.3, 0.4) is 0 Å². The molecular formula is C22H19N3O3. The molecular weight excluding hydrogens is 354 g/mol. The SMILES string of the molecule is C[C@H]1Cc2cc(-c3cc(CNC(=O)c4c[nH]c5ccccc45)no3)ccc2O1. The summed E-state index contributed by atoms with van der Waals surface area (Å²) in [5, 5.41) is 7.89. The van der Waals surface area contributed by atoms with Crippen molar-refractivity contribution in [2.75, 3.05) is 0 Å². The molecule has 1 amide bonds. The van der Waals surface area contributed by atoms with Crippen molar-refractivity contribution in [1.29, 1.82) is 0 Å². The van der Waals surface area contributed by atoms with Gasteiger partial charge >= 0.3 is 0 Å². The third-order valence-electron chi connectivity index (χ3n) is 5.00. The highest BCUT2D eigenvalue weighted by atomic mass is 16.5. The second kappa shape index (κ2) is 6.56. The fourth-order valence-corrected chi connectivity index (χ4v) is 3.63. The first-order valence-corrected chi connectivity index (χ1v) is 9.27. The molecule has 0 saturated heterocycles. The molecule has 0 spiro atoms. The molecule has 0 aliphatic carbocycles. The molecule has 0 fully saturated rings. The summed E-state index contributed by atoms with van der Waals surface area (Å²) in [5.41, 5.74) is 4.36. The molecule has 2 aromatic carbocycles. The van der Waals surface area contributed by atoms with Crippen LogP contribution >= 0.6 is 0 Å². The van der Waals surface area contributed by atoms with E-state index >= 15 is 0 Å². The number of para-hydroxylation sites is 1. The van der Waals surface area contributed by atoms with Crippen molar-refractivity contribution in [2.45, 2.75) is 26.0 Å². The molecule has 0 radical (unpaired) electrons. The first-order chi connectivity index (χ1) is 13.7. The maximum Gasteiger partial charge on any atom is 0.253 e. The van der Waals surface area contributed by atoms with Gasteiger partial charge in [-0.2, -0.15) is 0 Å². The maximum atomic E-state index is 12.5. The third-order valence-corrected chi connectivity index (χ3v) is 5.00. The maximum absolute atomic E-state index is 12.5. The van der Waals surface area contributed by atoms with Crippen molar-refractivity contribution in [2.24, 2.45) is 0 Å². The lowest BCUT2D eigenvalue weighted by Gasteiger charge is -2.02. The van der Waals surface area contributed by atoms with Crippen molar-refractivity contribution in [3.8, 4) is 17.1 Å². The highest BCUT2D eigenvalue weighted by molar-refractivity contribution is 6.06. The van der Waals surface area contributed by atoms with Gasteiger partial charge in [0.2, 0.25) is 0 Å². The molecule has 6 heteroatoms. The minimum absolute atomic E-state index is 0.148. The largest absolute Gasteiger partial charge is 0.490 e. The number of ether oxygens (including phenoxy) is 1. The van der Waals surface area contributed by atoms with E-state index in [9.17, 15) is 4.79 Å². The number of rotatable bonds is 4. The van der Waals surface area contributed by atoms with Gasteiger partial charge in [0.25, 0.3) is 5.91 Å². The van der Waals surface area contributed by atoms with E-state index in [0.717, 1.165) is 28.6 Å². The van der Waals surface area contributed by atoms with Gasteiger partial charge in [0.1, 0.15) is 17.5 Å². The van der Waals surface area contributed by atoms with Gasteiger partial charge in [-0.25, -0.2) is 0 Å². The number of hydrogen-bond donors (Lipinski definition) is 2. The number of amides is 1. The molecule has 1 aliphatic heterocycles. The molecule has 2 N–H and O–H groups in total. The molecule has 1 aliphatic rings. The molecule has 3 heterocycles. The molecule has 2 aromatic heterocycles. The summed E-state index contributed by atoms with van der Waals surface area (Å²) >= 11 is 0. The summed E-state index contributed by atoms with van der Waals surface area (Å²) in [4.78, 5) is 15.6. The lowest BCUT2D eigenvalue weighted by Crippen LogP contribution is -2.22. The van der Waals surface area contributed by atoms with Gasteiger partial charge in [-0.3, -0.25) is 4.79 Å². The van der Waals surface area contributed by atoms with Gasteiger partial charge < -0.3 is 19.6 Å². The topological polar surface area (TPSA) is 80.2 Å². The van der Waals surface area contributed by atoms with Crippen LogP contribution in [0.4, 0.5) is 0 Å². The van der Waals surface area contributed by atoms with Crippen LogP contribution in [0.15, 0.2) is 59.3 Å². The fourth-order valence-electron chi connectivity index (χ4n) is 3.63. The van der Waals surface area contributed by atoms with Crippen LogP contribution in [0.2, 0.25) is 0 Å². The fraction of sp³-hybridized carbons (Fsp3) is 0.182. The number of benzene rings is 2. The van der Waals surface area contributed by atoms with Gasteiger partial charge in [-0.05, 0) is 36.8 Å². The molecule has 0 bridgehead atoms. The van der Waals surface area contributed by atoms with Crippen molar-refractivity contribution in [3.05, 3.63) is 71.5 Å². The van der Waals surface area contributed by atoms with E-state index in [2.05, 4.69) is 28.4 Å². The predicted molar refractivity (Wildman–Crippen MR) is 105 cm³/mol. The van der Waals surface area contributed by atoms with Crippen molar-refractivity contribution in [1.82, 2.24) is 15.5 Å². The van der Waals surface area contributed by atoms with Gasteiger partial charge in [-0.15, -0.1) is 0 Å². The Morgan fingerprint density at radius 1 is 1.25 bits per heavy atom. The van der Waals surface area contributed by atoms with Crippen LogP contribution in [0, 0.1) is 0 Å². The van der Waals surface area contributed by atoms with E-state index in [0.29, 0.717) is 23.6 Å². The third kappa shape index (κ3) is 2.93. The average molecular weight is 373 g/mol. The summed E-state index contributed by atoms with van der Waals surface area (Å²) in [6.07, 6.45) is 2.82. The quantitative estimate of drug-likeness (QED) is 0.565. The molecule has 6 nitrogen and oxygen atoms in total. The Morgan fingerprint density at radius 2 is 2.14 bits per heavy atom. The van der Waals surface area contributed by atoms with Gasteiger partial charge in [-0.1, -0.05) is 23.4 Å². The van der Waals surface area contributed by atoms with E-state index in [1.165, 1.54) is 5.56 Å². The molecule has 140 valence electrons. The summed E-state index contributed by atoms with van der Waals surface area (Å²) in [6.45, 7) is 2.36. The minimum atomic E-state index is -0.148. The van der Waals surface area contributed by atoms with Crippen LogP contribution in [0.1, 0.15) is 28.5 Å². The number of nitrogens with one attached hydrogen (secondary N) is 2. The van der Waals surface area contributed by atoms with E-state index in [1.54, 1.807) is 6.20 Å². The summed E-state index contributed by atoms with van der Waals surface area (Å²) in [7, 11) is 0. The van der Waals surface area contributed by atoms with Gasteiger partial charge in [0, 0.05) is 35.2 Å². The number of H-pyrrole nitrogens is 1. The van der Waals surface area contributed by atoms with Crippen molar-refractivity contribution < 1.29 is 14.1 Å². The number of carbonyl (C=O) groups is 1. The number of hydrogen-bond acceptors (Lipinski definition) is 4. The molecule has 5 rings (SSSR count). The Bertz CT molecular complexity index is 1170. The molecule has 28 heavy (non-hydrogen) atoms. The van der Waals surface area contributed by atoms with E-state index in [-0.39, 0.29) is 12.0 Å². The predicted octanol–water partition coefficient (Wildman–Crippen LogP) is 4.08. The summed E-state index contributed by atoms with van der Waals surface area (Å²) in [5.74, 6) is 1.46. The smallest absolute Gasteiger partial charge is 0.253 e. The Balaban J connectivity index is 1.29. The first kappa shape index (κ1) is 16.6. The minimum Gasteiger partial charge on any atom is -0.490 e. The van der Waals surface area contributed by atoms with Crippen LogP contribution in [-0.2, 0) is 13.0 Å². The zero-order valence-corrected chi connectivity index (χ0v) is 15.4. The van der Waals surface area contributed by atoms with Gasteiger partial charge in [0.15, 0.2) is 5.76 Å². The van der Waals surface area contributed by atoms with Crippen molar-refractivity contribution >= 4 is 16.8 Å². The summed E-state index contributed by atoms with van der Waals surface area (Å²) < 4.78 is 11.2. The summed E-state index contributed by atoms with van der Waals surface area (Å²) in [6, 6.07) is 15.6. The number of carbonyl (C=O) groups excluding carboxylic acids is 1. The second-order valence-corrected chi connectivity index (χ2v) is 7.07. The number of aromatic nitrogens is 2. The Labute approximate surface area is 161 Å². The molecule has 0 unspecified atom stereocenters. The van der Waals surface area contributed by atoms with E-state index in [4.69, 9.17) is 9.26 Å². The average Bonchev–Trinajstić information content (AvgIpc) is 3.42. The second-order valence-electron chi connectivity index (χ2n) is 7.07.